The molecule has 0 saturated heterocycles. The molecule has 0 spiro atoms. The van der Waals surface area contributed by atoms with Crippen LogP contribution in [0.2, 0.25) is 0 Å². The minimum Gasteiger partial charge on any atom is -0.346 e. The predicted octanol–water partition coefficient (Wildman–Crippen LogP) is 2.01. The lowest BCUT2D eigenvalue weighted by Crippen LogP contribution is -2.46. The number of carbonyl (C=O) groups excluding carboxylic acids is 2. The van der Waals surface area contributed by atoms with Crippen LogP contribution in [-0.4, -0.2) is 17.7 Å². The van der Waals surface area contributed by atoms with Gasteiger partial charge >= 0.3 is 0 Å². The smallest absolute Gasteiger partial charge is 0.217 e. The maximum absolute atomic E-state index is 12.0. The molecular formula is C12H23NO2. The third-order valence-electron chi connectivity index (χ3n) is 2.78. The Kier molecular flexibility index (Phi) is 5.55. The number of ketones is 1. The van der Waals surface area contributed by atoms with E-state index >= 15 is 0 Å². The molecule has 0 saturated carbocycles. The summed E-state index contributed by atoms with van der Waals surface area (Å²) in [5, 5.41) is 2.73. The summed E-state index contributed by atoms with van der Waals surface area (Å²) in [6.07, 6.45) is 0. The van der Waals surface area contributed by atoms with E-state index in [4.69, 9.17) is 0 Å². The fourth-order valence-electron chi connectivity index (χ4n) is 1.40. The van der Waals surface area contributed by atoms with Gasteiger partial charge in [0.25, 0.3) is 0 Å². The molecule has 1 N–H and O–H groups in total. The van der Waals surface area contributed by atoms with Crippen molar-refractivity contribution in [1.29, 1.82) is 0 Å². The van der Waals surface area contributed by atoms with Gasteiger partial charge in [0.1, 0.15) is 0 Å². The molecule has 1 unspecified atom stereocenters. The van der Waals surface area contributed by atoms with Crippen molar-refractivity contribution in [1.82, 2.24) is 5.32 Å². The van der Waals surface area contributed by atoms with Crippen molar-refractivity contribution in [3.05, 3.63) is 0 Å². The van der Waals surface area contributed by atoms with Crippen LogP contribution in [0.5, 0.6) is 0 Å². The maximum Gasteiger partial charge on any atom is 0.217 e. The quantitative estimate of drug-likeness (QED) is 0.759. The highest BCUT2D eigenvalue weighted by Crippen LogP contribution is 2.16. The van der Waals surface area contributed by atoms with Gasteiger partial charge < -0.3 is 5.32 Å². The van der Waals surface area contributed by atoms with Gasteiger partial charge in [0, 0.05) is 12.8 Å². The molecule has 0 radical (unpaired) electrons. The number of amides is 1. The zero-order valence-electron chi connectivity index (χ0n) is 10.6. The molecule has 0 aliphatic carbocycles. The molecule has 1 amide bonds. The molecule has 0 aliphatic rings. The van der Waals surface area contributed by atoms with Crippen molar-refractivity contribution in [3.63, 3.8) is 0 Å². The van der Waals surface area contributed by atoms with E-state index in [1.54, 1.807) is 0 Å². The van der Waals surface area contributed by atoms with Crippen molar-refractivity contribution in [3.8, 4) is 0 Å². The first-order valence-corrected chi connectivity index (χ1v) is 5.58. The Morgan fingerprint density at radius 1 is 0.933 bits per heavy atom. The fourth-order valence-corrected chi connectivity index (χ4v) is 1.40. The first-order valence-electron chi connectivity index (χ1n) is 5.58. The second-order valence-corrected chi connectivity index (χ2v) is 4.86. The summed E-state index contributed by atoms with van der Waals surface area (Å²) in [5.41, 5.74) is 0. The highest BCUT2D eigenvalue weighted by atomic mass is 16.2. The van der Waals surface area contributed by atoms with Gasteiger partial charge in [0.15, 0.2) is 5.78 Å². The number of nitrogens with one attached hydrogen (secondary N) is 1. The van der Waals surface area contributed by atoms with E-state index < -0.39 is 0 Å². The van der Waals surface area contributed by atoms with Gasteiger partial charge in [-0.25, -0.2) is 0 Å². The summed E-state index contributed by atoms with van der Waals surface area (Å²) in [6.45, 7) is 11.3. The molecule has 0 aromatic carbocycles. The average Bonchev–Trinajstić information content (AvgIpc) is 2.10. The molecular weight excluding hydrogens is 190 g/mol. The van der Waals surface area contributed by atoms with E-state index in [1.165, 1.54) is 6.92 Å². The van der Waals surface area contributed by atoms with Gasteiger partial charge in [-0.15, -0.1) is 0 Å². The van der Waals surface area contributed by atoms with Crippen LogP contribution >= 0.6 is 0 Å². The molecule has 0 fully saturated rings. The summed E-state index contributed by atoms with van der Waals surface area (Å²) in [5.74, 6) is 0.438. The molecule has 0 aromatic rings. The van der Waals surface area contributed by atoms with E-state index in [0.29, 0.717) is 5.92 Å². The van der Waals surface area contributed by atoms with E-state index in [1.807, 2.05) is 34.6 Å². The number of hydrogen-bond acceptors (Lipinski definition) is 2. The lowest BCUT2D eigenvalue weighted by atomic mass is 9.85. The molecule has 0 aromatic heterocycles. The first kappa shape index (κ1) is 14.1. The Morgan fingerprint density at radius 3 is 1.67 bits per heavy atom. The van der Waals surface area contributed by atoms with Crippen molar-refractivity contribution >= 4 is 11.7 Å². The Bertz CT molecular complexity index is 234. The number of rotatable bonds is 5. The van der Waals surface area contributed by atoms with E-state index in [0.717, 1.165) is 0 Å². The van der Waals surface area contributed by atoms with Crippen LogP contribution in [-0.2, 0) is 9.59 Å². The minimum absolute atomic E-state index is 0.00995. The van der Waals surface area contributed by atoms with Gasteiger partial charge in [-0.3, -0.25) is 9.59 Å². The summed E-state index contributed by atoms with van der Waals surface area (Å²) < 4.78 is 0. The van der Waals surface area contributed by atoms with Crippen LogP contribution in [0, 0.1) is 17.8 Å². The van der Waals surface area contributed by atoms with E-state index in [2.05, 4.69) is 5.32 Å². The highest BCUT2D eigenvalue weighted by molar-refractivity contribution is 5.90. The van der Waals surface area contributed by atoms with Crippen LogP contribution in [0.15, 0.2) is 0 Å². The molecule has 3 heteroatoms. The highest BCUT2D eigenvalue weighted by Gasteiger charge is 2.28. The van der Waals surface area contributed by atoms with Gasteiger partial charge in [-0.05, 0) is 11.8 Å². The SMILES string of the molecule is CC(=O)N[C@H](C(=O)C(C)C(C)C)C(C)C. The van der Waals surface area contributed by atoms with Gasteiger partial charge in [0.05, 0.1) is 6.04 Å². The van der Waals surface area contributed by atoms with Gasteiger partial charge in [0.2, 0.25) is 5.91 Å². The first-order chi connectivity index (χ1) is 6.77. The Morgan fingerprint density at radius 2 is 1.40 bits per heavy atom. The summed E-state index contributed by atoms with van der Waals surface area (Å²) in [4.78, 5) is 23.0. The van der Waals surface area contributed by atoms with Crippen molar-refractivity contribution in [2.45, 2.75) is 47.6 Å². The molecule has 0 aliphatic heterocycles. The van der Waals surface area contributed by atoms with Crippen molar-refractivity contribution in [2.24, 2.45) is 17.8 Å². The topological polar surface area (TPSA) is 46.2 Å². The minimum atomic E-state index is -0.347. The summed E-state index contributed by atoms with van der Waals surface area (Å²) in [7, 11) is 0. The Hall–Kier alpha value is -0.860. The van der Waals surface area contributed by atoms with Crippen molar-refractivity contribution < 1.29 is 9.59 Å². The van der Waals surface area contributed by atoms with Crippen molar-refractivity contribution in [2.75, 3.05) is 0 Å². The van der Waals surface area contributed by atoms with Gasteiger partial charge in [-0.1, -0.05) is 34.6 Å². The van der Waals surface area contributed by atoms with E-state index in [9.17, 15) is 9.59 Å². The molecule has 3 nitrogen and oxygen atoms in total. The molecule has 0 bridgehead atoms. The molecule has 2 atom stereocenters. The van der Waals surface area contributed by atoms with Crippen LogP contribution in [0.25, 0.3) is 0 Å². The zero-order chi connectivity index (χ0) is 12.2. The van der Waals surface area contributed by atoms with Crippen LogP contribution in [0.4, 0.5) is 0 Å². The van der Waals surface area contributed by atoms with Crippen LogP contribution in [0.1, 0.15) is 41.5 Å². The van der Waals surface area contributed by atoms with E-state index in [-0.39, 0.29) is 29.6 Å². The molecule has 88 valence electrons. The lowest BCUT2D eigenvalue weighted by molar-refractivity contribution is -0.130. The Balaban J connectivity index is 4.62. The number of carbonyl (C=O) groups is 2. The normalized spacial score (nSPS) is 15.2. The monoisotopic (exact) mass is 213 g/mol. The number of hydrogen-bond donors (Lipinski definition) is 1. The lowest BCUT2D eigenvalue weighted by Gasteiger charge is -2.25. The maximum atomic E-state index is 12.0. The third-order valence-corrected chi connectivity index (χ3v) is 2.78. The van der Waals surface area contributed by atoms with Crippen LogP contribution < -0.4 is 5.32 Å². The summed E-state index contributed by atoms with van der Waals surface area (Å²) in [6, 6.07) is -0.347. The zero-order valence-corrected chi connectivity index (χ0v) is 10.6. The second kappa shape index (κ2) is 5.89. The van der Waals surface area contributed by atoms with Gasteiger partial charge in [-0.2, -0.15) is 0 Å². The molecule has 0 rings (SSSR count). The third kappa shape index (κ3) is 4.45. The molecule has 0 heterocycles. The summed E-state index contributed by atoms with van der Waals surface area (Å²) >= 11 is 0. The Labute approximate surface area is 92.6 Å². The largest absolute Gasteiger partial charge is 0.346 e. The number of Topliss-reactive ketones (excluding diaryl/α,β-unsaturated/α-hetero) is 1. The molecule has 15 heavy (non-hydrogen) atoms. The second-order valence-electron chi connectivity index (χ2n) is 4.86. The standard InChI is InChI=1S/C12H23NO2/c1-7(2)9(5)12(15)11(8(3)4)13-10(6)14/h7-9,11H,1-6H3,(H,13,14)/t9?,11-/m0/s1. The van der Waals surface area contributed by atoms with Crippen LogP contribution in [0.3, 0.4) is 0 Å². The fraction of sp³-hybridized carbons (Fsp3) is 0.833. The average molecular weight is 213 g/mol. The predicted molar refractivity (Wildman–Crippen MR) is 61.5 cm³/mol.